The Morgan fingerprint density at radius 2 is 1.88 bits per heavy atom. The number of allylic oxidation sites excluding steroid dienone is 3. The number of hydrogen-bond donors (Lipinski definition) is 1. The van der Waals surface area contributed by atoms with Crippen LogP contribution < -0.4 is 5.14 Å². The Morgan fingerprint density at radius 3 is 2.38 bits per heavy atom. The predicted molar refractivity (Wildman–Crippen MR) is 93.4 cm³/mol. The molecule has 2 N–H and O–H groups in total. The molecule has 2 rings (SSSR count). The highest BCUT2D eigenvalue weighted by Gasteiger charge is 2.35. The van der Waals surface area contributed by atoms with Gasteiger partial charge in [0.25, 0.3) is 0 Å². The molecule has 0 saturated heterocycles. The Labute approximate surface area is 149 Å². The summed E-state index contributed by atoms with van der Waals surface area (Å²) in [7, 11) is -3.91. The van der Waals surface area contributed by atoms with Crippen molar-refractivity contribution in [3.05, 3.63) is 65.2 Å². The molecule has 1 heterocycles. The average molecular weight is 385 g/mol. The fourth-order valence-corrected chi connectivity index (χ4v) is 2.94. The number of nitrogens with two attached hydrogens (primary N) is 1. The fraction of sp³-hybridized carbons (Fsp3) is 0.235. The summed E-state index contributed by atoms with van der Waals surface area (Å²) in [5.74, 6) is 0. The van der Waals surface area contributed by atoms with E-state index in [2.05, 4.69) is 5.10 Å². The molecule has 1 aromatic carbocycles. The SMILES string of the molecule is C/C=C(\C=C/C(C)n1nc(C(F)(F)F)cc1-c1ccccc1)S(N)(=O)=O. The summed E-state index contributed by atoms with van der Waals surface area (Å²) in [6.07, 6.45) is -0.600. The largest absolute Gasteiger partial charge is 0.435 e. The van der Waals surface area contributed by atoms with Crippen molar-refractivity contribution in [2.75, 3.05) is 0 Å². The van der Waals surface area contributed by atoms with Crippen molar-refractivity contribution in [1.29, 1.82) is 0 Å². The van der Waals surface area contributed by atoms with Crippen LogP contribution in [-0.4, -0.2) is 18.2 Å². The Balaban J connectivity index is 2.49. The number of hydrogen-bond acceptors (Lipinski definition) is 3. The third-order valence-electron chi connectivity index (χ3n) is 3.63. The van der Waals surface area contributed by atoms with Crippen molar-refractivity contribution in [3.63, 3.8) is 0 Å². The van der Waals surface area contributed by atoms with Crippen LogP contribution in [0.5, 0.6) is 0 Å². The van der Waals surface area contributed by atoms with Crippen LogP contribution in [0.2, 0.25) is 0 Å². The van der Waals surface area contributed by atoms with Gasteiger partial charge in [0.2, 0.25) is 10.0 Å². The van der Waals surface area contributed by atoms with Crippen LogP contribution in [0, 0.1) is 0 Å². The Kier molecular flexibility index (Phi) is 5.72. The molecule has 0 fully saturated rings. The van der Waals surface area contributed by atoms with Gasteiger partial charge in [0, 0.05) is 0 Å². The second-order valence-corrected chi connectivity index (χ2v) is 7.12. The number of nitrogens with zero attached hydrogens (tertiary/aromatic N) is 2. The summed E-state index contributed by atoms with van der Waals surface area (Å²) in [6.45, 7) is 3.10. The van der Waals surface area contributed by atoms with E-state index in [-0.39, 0.29) is 10.6 Å². The highest BCUT2D eigenvalue weighted by atomic mass is 32.2. The Hall–Kier alpha value is -2.39. The number of rotatable bonds is 5. The molecule has 140 valence electrons. The van der Waals surface area contributed by atoms with Crippen LogP contribution in [0.4, 0.5) is 13.2 Å². The van der Waals surface area contributed by atoms with Crippen LogP contribution in [-0.2, 0) is 16.2 Å². The van der Waals surface area contributed by atoms with Crippen molar-refractivity contribution >= 4 is 10.0 Å². The van der Waals surface area contributed by atoms with E-state index >= 15 is 0 Å². The molecular formula is C17H18F3N3O2S. The van der Waals surface area contributed by atoms with Gasteiger partial charge in [-0.25, -0.2) is 13.6 Å². The van der Waals surface area contributed by atoms with E-state index in [0.29, 0.717) is 5.56 Å². The minimum atomic E-state index is -4.59. The van der Waals surface area contributed by atoms with Crippen LogP contribution in [0.25, 0.3) is 11.3 Å². The summed E-state index contributed by atoms with van der Waals surface area (Å²) in [5, 5.41) is 8.74. The van der Waals surface area contributed by atoms with Gasteiger partial charge in [-0.1, -0.05) is 42.5 Å². The zero-order valence-corrected chi connectivity index (χ0v) is 14.9. The van der Waals surface area contributed by atoms with E-state index < -0.39 is 27.9 Å². The first-order valence-corrected chi connectivity index (χ1v) is 9.18. The van der Waals surface area contributed by atoms with Crippen molar-refractivity contribution < 1.29 is 21.6 Å². The van der Waals surface area contributed by atoms with Gasteiger partial charge in [0.1, 0.15) is 0 Å². The number of benzene rings is 1. The van der Waals surface area contributed by atoms with E-state index in [1.54, 1.807) is 37.3 Å². The standard InChI is InChI=1S/C17H18F3N3O2S/c1-3-14(26(21,24)25)10-9-12(2)23-15(13-7-5-4-6-8-13)11-16(22-23)17(18,19)20/h3-12H,1-2H3,(H2,21,24,25)/b10-9-,14-3+. The smallest absolute Gasteiger partial charge is 0.258 e. The molecule has 0 bridgehead atoms. The quantitative estimate of drug-likeness (QED) is 0.794. The molecule has 9 heteroatoms. The number of halogens is 3. The number of aromatic nitrogens is 2. The maximum atomic E-state index is 13.1. The average Bonchev–Trinajstić information content (AvgIpc) is 3.00. The lowest BCUT2D eigenvalue weighted by molar-refractivity contribution is -0.141. The molecule has 1 aromatic heterocycles. The molecule has 0 aliphatic carbocycles. The molecule has 26 heavy (non-hydrogen) atoms. The van der Waals surface area contributed by atoms with Gasteiger partial charge in [-0.2, -0.15) is 18.3 Å². The second kappa shape index (κ2) is 7.46. The summed E-state index contributed by atoms with van der Waals surface area (Å²) >= 11 is 0. The van der Waals surface area contributed by atoms with E-state index in [4.69, 9.17) is 5.14 Å². The van der Waals surface area contributed by atoms with Gasteiger partial charge in [-0.15, -0.1) is 0 Å². The zero-order chi connectivity index (χ0) is 19.5. The molecule has 0 aliphatic heterocycles. The van der Waals surface area contributed by atoms with Gasteiger partial charge in [0.05, 0.1) is 16.6 Å². The normalized spacial score (nSPS) is 14.8. The van der Waals surface area contributed by atoms with Gasteiger partial charge >= 0.3 is 6.18 Å². The van der Waals surface area contributed by atoms with Crippen molar-refractivity contribution in [2.45, 2.75) is 26.1 Å². The molecule has 1 atom stereocenters. The molecule has 0 amide bonds. The van der Waals surface area contributed by atoms with Crippen LogP contribution >= 0.6 is 0 Å². The minimum absolute atomic E-state index is 0.131. The van der Waals surface area contributed by atoms with E-state index in [9.17, 15) is 21.6 Å². The number of alkyl halides is 3. The van der Waals surface area contributed by atoms with Crippen molar-refractivity contribution in [2.24, 2.45) is 5.14 Å². The summed E-state index contributed by atoms with van der Waals surface area (Å²) in [5.41, 5.74) is -0.185. The second-order valence-electron chi connectivity index (χ2n) is 5.56. The third-order valence-corrected chi connectivity index (χ3v) is 4.66. The van der Waals surface area contributed by atoms with Crippen molar-refractivity contribution in [1.82, 2.24) is 9.78 Å². The van der Waals surface area contributed by atoms with Gasteiger partial charge in [-0.3, -0.25) is 4.68 Å². The first-order valence-electron chi connectivity index (χ1n) is 7.63. The van der Waals surface area contributed by atoms with Gasteiger partial charge < -0.3 is 0 Å². The summed E-state index contributed by atoms with van der Waals surface area (Å²) in [4.78, 5) is -0.131. The van der Waals surface area contributed by atoms with Crippen LogP contribution in [0.1, 0.15) is 25.6 Å². The lowest BCUT2D eigenvalue weighted by Crippen LogP contribution is -2.14. The first kappa shape index (κ1) is 19.9. The monoisotopic (exact) mass is 385 g/mol. The molecular weight excluding hydrogens is 367 g/mol. The van der Waals surface area contributed by atoms with E-state index in [1.807, 2.05) is 0 Å². The number of sulfonamides is 1. The highest BCUT2D eigenvalue weighted by Crippen LogP contribution is 2.33. The zero-order valence-electron chi connectivity index (χ0n) is 14.1. The Morgan fingerprint density at radius 1 is 1.27 bits per heavy atom. The fourth-order valence-electron chi connectivity index (χ4n) is 2.34. The predicted octanol–water partition coefficient (Wildman–Crippen LogP) is 3.88. The molecule has 0 spiro atoms. The van der Waals surface area contributed by atoms with E-state index in [1.165, 1.54) is 29.8 Å². The molecule has 0 saturated carbocycles. The maximum absolute atomic E-state index is 13.1. The highest BCUT2D eigenvalue weighted by molar-refractivity contribution is 7.93. The molecule has 0 aliphatic rings. The summed E-state index contributed by atoms with van der Waals surface area (Å²) in [6, 6.07) is 8.84. The molecule has 2 aromatic rings. The third kappa shape index (κ3) is 4.61. The lowest BCUT2D eigenvalue weighted by atomic mass is 10.1. The Bertz CT molecular complexity index is 930. The maximum Gasteiger partial charge on any atom is 0.435 e. The molecule has 5 nitrogen and oxygen atoms in total. The topological polar surface area (TPSA) is 78.0 Å². The first-order chi connectivity index (χ1) is 12.0. The number of primary sulfonamides is 1. The van der Waals surface area contributed by atoms with Crippen LogP contribution in [0.15, 0.2) is 59.5 Å². The lowest BCUT2D eigenvalue weighted by Gasteiger charge is -2.12. The molecule has 1 unspecified atom stereocenters. The van der Waals surface area contributed by atoms with Crippen LogP contribution in [0.3, 0.4) is 0 Å². The van der Waals surface area contributed by atoms with Gasteiger partial charge in [0.15, 0.2) is 5.69 Å². The summed E-state index contributed by atoms with van der Waals surface area (Å²) < 4.78 is 63.3. The van der Waals surface area contributed by atoms with Crippen molar-refractivity contribution in [3.8, 4) is 11.3 Å². The van der Waals surface area contributed by atoms with E-state index in [0.717, 1.165) is 6.07 Å². The molecule has 0 radical (unpaired) electrons. The minimum Gasteiger partial charge on any atom is -0.258 e. The van der Waals surface area contributed by atoms with Gasteiger partial charge in [-0.05, 0) is 31.6 Å².